The molecule has 2 aromatic rings. The van der Waals surface area contributed by atoms with E-state index in [4.69, 9.17) is 0 Å². The Morgan fingerprint density at radius 3 is 2.71 bits per heavy atom. The molecule has 1 aliphatic carbocycles. The van der Waals surface area contributed by atoms with Crippen LogP contribution in [0.1, 0.15) is 43.6 Å². The molecule has 1 fully saturated rings. The summed E-state index contributed by atoms with van der Waals surface area (Å²) in [5.74, 6) is 0.786. The lowest BCUT2D eigenvalue weighted by Crippen LogP contribution is -2.03. The van der Waals surface area contributed by atoms with Crippen molar-refractivity contribution < 1.29 is 0 Å². The van der Waals surface area contributed by atoms with Gasteiger partial charge in [-0.2, -0.15) is 0 Å². The van der Waals surface area contributed by atoms with Gasteiger partial charge in [-0.05, 0) is 36.5 Å². The van der Waals surface area contributed by atoms with Crippen molar-refractivity contribution in [2.45, 2.75) is 38.0 Å². The van der Waals surface area contributed by atoms with Crippen molar-refractivity contribution in [1.82, 2.24) is 4.57 Å². The lowest BCUT2D eigenvalue weighted by Gasteiger charge is -2.21. The van der Waals surface area contributed by atoms with Gasteiger partial charge in [0.15, 0.2) is 0 Å². The molecule has 1 aliphatic rings. The van der Waals surface area contributed by atoms with Crippen molar-refractivity contribution >= 4 is 26.8 Å². The van der Waals surface area contributed by atoms with Crippen LogP contribution in [0.5, 0.6) is 0 Å². The van der Waals surface area contributed by atoms with E-state index in [2.05, 4.69) is 51.9 Å². The highest BCUT2D eigenvalue weighted by Crippen LogP contribution is 2.37. The van der Waals surface area contributed by atoms with Gasteiger partial charge in [-0.25, -0.2) is 0 Å². The average Bonchev–Trinajstić information content (AvgIpc) is 2.68. The van der Waals surface area contributed by atoms with E-state index in [9.17, 15) is 0 Å². The molecule has 1 nitrogen and oxygen atoms in total. The summed E-state index contributed by atoms with van der Waals surface area (Å²) in [5, 5.41) is 1.45. The molecular weight excluding hydrogens is 274 g/mol. The number of benzene rings is 1. The maximum atomic E-state index is 3.56. The highest BCUT2D eigenvalue weighted by atomic mass is 79.9. The average molecular weight is 292 g/mol. The van der Waals surface area contributed by atoms with Crippen LogP contribution in [-0.2, 0) is 7.05 Å². The molecule has 0 amide bonds. The van der Waals surface area contributed by atoms with Crippen LogP contribution in [0.15, 0.2) is 28.9 Å². The van der Waals surface area contributed by atoms with E-state index >= 15 is 0 Å². The standard InChI is InChI=1S/C15H18BrN/c1-17-10-14(11-5-3-2-4-6-11)13-8-7-12(16)9-15(13)17/h7-11H,2-6H2,1H3. The fraction of sp³-hybridized carbons (Fsp3) is 0.467. The summed E-state index contributed by atoms with van der Waals surface area (Å²) in [6, 6.07) is 6.65. The summed E-state index contributed by atoms with van der Waals surface area (Å²) >= 11 is 3.56. The normalized spacial score (nSPS) is 17.8. The molecule has 0 spiro atoms. The van der Waals surface area contributed by atoms with Gasteiger partial charge in [-0.3, -0.25) is 0 Å². The molecule has 0 N–H and O–H groups in total. The molecule has 17 heavy (non-hydrogen) atoms. The predicted octanol–water partition coefficient (Wildman–Crippen LogP) is 4.99. The van der Waals surface area contributed by atoms with Gasteiger partial charge in [0.05, 0.1) is 0 Å². The zero-order chi connectivity index (χ0) is 11.8. The maximum absolute atomic E-state index is 3.56. The molecule has 1 heterocycles. The quantitative estimate of drug-likeness (QED) is 0.698. The van der Waals surface area contributed by atoms with Gasteiger partial charge in [0.2, 0.25) is 0 Å². The van der Waals surface area contributed by atoms with Crippen LogP contribution in [0.25, 0.3) is 10.9 Å². The van der Waals surface area contributed by atoms with E-state index < -0.39 is 0 Å². The number of fused-ring (bicyclic) bond motifs is 1. The summed E-state index contributed by atoms with van der Waals surface area (Å²) in [5.41, 5.74) is 2.91. The fourth-order valence-corrected chi connectivity index (χ4v) is 3.48. The van der Waals surface area contributed by atoms with Crippen LogP contribution in [0.4, 0.5) is 0 Å². The van der Waals surface area contributed by atoms with Crippen molar-refractivity contribution in [3.63, 3.8) is 0 Å². The molecule has 0 bridgehead atoms. The molecule has 1 saturated carbocycles. The SMILES string of the molecule is Cn1cc(C2CCCCC2)c2ccc(Br)cc21. The van der Waals surface area contributed by atoms with Crippen molar-refractivity contribution in [1.29, 1.82) is 0 Å². The highest BCUT2D eigenvalue weighted by molar-refractivity contribution is 9.10. The van der Waals surface area contributed by atoms with E-state index in [1.165, 1.54) is 47.5 Å². The minimum Gasteiger partial charge on any atom is -0.350 e. The fourth-order valence-electron chi connectivity index (χ4n) is 3.13. The van der Waals surface area contributed by atoms with Crippen LogP contribution in [0.3, 0.4) is 0 Å². The van der Waals surface area contributed by atoms with Crippen molar-refractivity contribution in [3.8, 4) is 0 Å². The first-order valence-corrected chi connectivity index (χ1v) is 7.29. The van der Waals surface area contributed by atoms with Crippen molar-refractivity contribution in [2.24, 2.45) is 7.05 Å². The van der Waals surface area contributed by atoms with Crippen molar-refractivity contribution in [2.75, 3.05) is 0 Å². The van der Waals surface area contributed by atoms with Crippen LogP contribution in [0.2, 0.25) is 0 Å². The van der Waals surface area contributed by atoms with Crippen molar-refractivity contribution in [3.05, 3.63) is 34.4 Å². The van der Waals surface area contributed by atoms with E-state index in [1.807, 2.05) is 0 Å². The Labute approximate surface area is 111 Å². The maximum Gasteiger partial charge on any atom is 0.0491 e. The van der Waals surface area contributed by atoms with E-state index in [-0.39, 0.29) is 0 Å². The summed E-state index contributed by atoms with van der Waals surface area (Å²) in [6.45, 7) is 0. The van der Waals surface area contributed by atoms with Gasteiger partial charge in [0.1, 0.15) is 0 Å². The van der Waals surface area contributed by atoms with E-state index in [0.717, 1.165) is 5.92 Å². The Morgan fingerprint density at radius 2 is 1.94 bits per heavy atom. The molecule has 0 unspecified atom stereocenters. The van der Waals surface area contributed by atoms with Gasteiger partial charge in [-0.15, -0.1) is 0 Å². The molecule has 0 atom stereocenters. The van der Waals surface area contributed by atoms with Gasteiger partial charge in [0.25, 0.3) is 0 Å². The number of halogens is 1. The molecule has 0 saturated heterocycles. The Balaban J connectivity index is 2.10. The third kappa shape index (κ3) is 2.03. The molecule has 0 aliphatic heterocycles. The number of hydrogen-bond donors (Lipinski definition) is 0. The molecule has 2 heteroatoms. The number of aryl methyl sites for hydroxylation is 1. The second-order valence-corrected chi connectivity index (χ2v) is 6.11. The summed E-state index contributed by atoms with van der Waals surface area (Å²) < 4.78 is 3.44. The first kappa shape index (κ1) is 11.3. The summed E-state index contributed by atoms with van der Waals surface area (Å²) in [4.78, 5) is 0. The Bertz CT molecular complexity index is 535. The molecule has 1 aromatic carbocycles. The molecule has 1 aromatic heterocycles. The second-order valence-electron chi connectivity index (χ2n) is 5.19. The Hall–Kier alpha value is -0.760. The topological polar surface area (TPSA) is 4.93 Å². The lowest BCUT2D eigenvalue weighted by molar-refractivity contribution is 0.445. The number of rotatable bonds is 1. The first-order valence-electron chi connectivity index (χ1n) is 6.50. The van der Waals surface area contributed by atoms with Crippen LogP contribution in [0, 0.1) is 0 Å². The highest BCUT2D eigenvalue weighted by Gasteiger charge is 2.19. The lowest BCUT2D eigenvalue weighted by atomic mass is 9.84. The minimum absolute atomic E-state index is 0.786. The Morgan fingerprint density at radius 1 is 1.18 bits per heavy atom. The van der Waals surface area contributed by atoms with Crippen LogP contribution in [-0.4, -0.2) is 4.57 Å². The second kappa shape index (κ2) is 4.49. The predicted molar refractivity (Wildman–Crippen MR) is 76.4 cm³/mol. The van der Waals surface area contributed by atoms with E-state index in [0.29, 0.717) is 0 Å². The van der Waals surface area contributed by atoms with Gasteiger partial charge < -0.3 is 4.57 Å². The number of aromatic nitrogens is 1. The zero-order valence-electron chi connectivity index (χ0n) is 10.2. The third-order valence-corrected chi connectivity index (χ3v) is 4.52. The van der Waals surface area contributed by atoms with Gasteiger partial charge in [0, 0.05) is 28.6 Å². The zero-order valence-corrected chi connectivity index (χ0v) is 11.8. The molecular formula is C15H18BrN. The largest absolute Gasteiger partial charge is 0.350 e. The smallest absolute Gasteiger partial charge is 0.0491 e. The number of nitrogens with zero attached hydrogens (tertiary/aromatic N) is 1. The first-order chi connectivity index (χ1) is 8.25. The monoisotopic (exact) mass is 291 g/mol. The third-order valence-electron chi connectivity index (χ3n) is 4.03. The van der Waals surface area contributed by atoms with Gasteiger partial charge in [-0.1, -0.05) is 41.3 Å². The molecule has 0 radical (unpaired) electrons. The summed E-state index contributed by atoms with van der Waals surface area (Å²) in [6.07, 6.45) is 9.30. The molecule has 90 valence electrons. The van der Waals surface area contributed by atoms with Crippen LogP contribution >= 0.6 is 15.9 Å². The van der Waals surface area contributed by atoms with E-state index in [1.54, 1.807) is 5.56 Å². The summed E-state index contributed by atoms with van der Waals surface area (Å²) in [7, 11) is 2.15. The minimum atomic E-state index is 0.786. The Kier molecular flexibility index (Phi) is 2.99. The number of hydrogen-bond acceptors (Lipinski definition) is 0. The van der Waals surface area contributed by atoms with Crippen LogP contribution < -0.4 is 0 Å². The molecule has 3 rings (SSSR count). The van der Waals surface area contributed by atoms with Gasteiger partial charge >= 0.3 is 0 Å².